The summed E-state index contributed by atoms with van der Waals surface area (Å²) in [5.41, 5.74) is -5.38. The van der Waals surface area contributed by atoms with Gasteiger partial charge in [0.15, 0.2) is 5.41 Å². The smallest absolute Gasteiger partial charge is 0.407 e. The minimum absolute atomic E-state index is 0.308. The van der Waals surface area contributed by atoms with Crippen molar-refractivity contribution in [3.05, 3.63) is 34.3 Å². The van der Waals surface area contributed by atoms with E-state index in [-0.39, 0.29) is 0 Å². The van der Waals surface area contributed by atoms with Crippen LogP contribution in [0.2, 0.25) is 0 Å². The molecule has 0 spiro atoms. The lowest BCUT2D eigenvalue weighted by molar-refractivity contribution is -0.304. The lowest BCUT2D eigenvalue weighted by Crippen LogP contribution is -2.55. The first kappa shape index (κ1) is 17.8. The third-order valence-corrected chi connectivity index (χ3v) is 3.47. The third-order valence-electron chi connectivity index (χ3n) is 2.94. The van der Waals surface area contributed by atoms with Crippen molar-refractivity contribution in [1.82, 2.24) is 0 Å². The van der Waals surface area contributed by atoms with E-state index >= 15 is 0 Å². The lowest BCUT2D eigenvalue weighted by Gasteiger charge is -2.36. The van der Waals surface area contributed by atoms with E-state index in [1.54, 1.807) is 0 Å². The molecule has 21 heavy (non-hydrogen) atoms. The average Bonchev–Trinajstić information content (AvgIpc) is 2.33. The SMILES string of the molecule is COC(=O)CC(c1ccc(Br)cc1)(C(F)(F)F)C(F)(F)F. The van der Waals surface area contributed by atoms with Crippen LogP contribution < -0.4 is 0 Å². The zero-order valence-corrected chi connectivity index (χ0v) is 12.1. The van der Waals surface area contributed by atoms with Crippen LogP contribution in [0.15, 0.2) is 28.7 Å². The lowest BCUT2D eigenvalue weighted by atomic mass is 9.76. The second-order valence-corrected chi connectivity index (χ2v) is 5.08. The van der Waals surface area contributed by atoms with E-state index < -0.39 is 35.7 Å². The van der Waals surface area contributed by atoms with E-state index in [1.165, 1.54) is 0 Å². The minimum atomic E-state index is -5.72. The fraction of sp³-hybridized carbons (Fsp3) is 0.417. The molecular weight excluding hydrogens is 370 g/mol. The van der Waals surface area contributed by atoms with E-state index in [4.69, 9.17) is 0 Å². The highest BCUT2D eigenvalue weighted by molar-refractivity contribution is 9.10. The number of benzene rings is 1. The summed E-state index contributed by atoms with van der Waals surface area (Å²) >= 11 is 2.92. The zero-order chi connectivity index (χ0) is 16.5. The molecule has 0 N–H and O–H groups in total. The first-order valence-electron chi connectivity index (χ1n) is 5.42. The number of ether oxygens (including phenoxy) is 1. The molecule has 0 bridgehead atoms. The predicted octanol–water partition coefficient (Wildman–Crippen LogP) is 4.37. The Morgan fingerprint density at radius 2 is 1.48 bits per heavy atom. The number of methoxy groups -OCH3 is 1. The largest absolute Gasteiger partial charge is 0.469 e. The van der Waals surface area contributed by atoms with Gasteiger partial charge in [0.2, 0.25) is 0 Å². The van der Waals surface area contributed by atoms with Crippen molar-refractivity contribution in [1.29, 1.82) is 0 Å². The second kappa shape index (κ2) is 5.86. The molecule has 118 valence electrons. The Labute approximate surface area is 124 Å². The van der Waals surface area contributed by atoms with Gasteiger partial charge in [0.1, 0.15) is 0 Å². The maximum absolute atomic E-state index is 13.2. The molecule has 2 nitrogen and oxygen atoms in total. The normalized spacial score (nSPS) is 13.1. The topological polar surface area (TPSA) is 26.3 Å². The van der Waals surface area contributed by atoms with Crippen molar-refractivity contribution in [2.45, 2.75) is 24.2 Å². The van der Waals surface area contributed by atoms with Crippen LogP contribution in [0.1, 0.15) is 12.0 Å². The van der Waals surface area contributed by atoms with Gasteiger partial charge in [0, 0.05) is 4.47 Å². The monoisotopic (exact) mass is 378 g/mol. The summed E-state index contributed by atoms with van der Waals surface area (Å²) in [5, 5.41) is 0. The summed E-state index contributed by atoms with van der Waals surface area (Å²) in [6.07, 6.45) is -13.3. The summed E-state index contributed by atoms with van der Waals surface area (Å²) in [5.74, 6) is -1.60. The third kappa shape index (κ3) is 3.33. The van der Waals surface area contributed by atoms with Gasteiger partial charge in [-0.15, -0.1) is 0 Å². The molecule has 0 aliphatic heterocycles. The van der Waals surface area contributed by atoms with Gasteiger partial charge in [-0.3, -0.25) is 4.79 Å². The molecular formula is C12H9BrF6O2. The first-order chi connectivity index (χ1) is 9.45. The summed E-state index contributed by atoms with van der Waals surface area (Å²) in [6, 6.07) is 3.43. The molecule has 0 saturated heterocycles. The number of halogens is 7. The van der Waals surface area contributed by atoms with Crippen molar-refractivity contribution >= 4 is 21.9 Å². The van der Waals surface area contributed by atoms with Gasteiger partial charge >= 0.3 is 18.3 Å². The van der Waals surface area contributed by atoms with Crippen molar-refractivity contribution in [2.75, 3.05) is 7.11 Å². The molecule has 0 unspecified atom stereocenters. The number of carbonyl (C=O) groups is 1. The summed E-state index contributed by atoms with van der Waals surface area (Å²) in [7, 11) is 0.724. The van der Waals surface area contributed by atoms with E-state index in [0.717, 1.165) is 19.2 Å². The number of hydrogen-bond acceptors (Lipinski definition) is 2. The van der Waals surface area contributed by atoms with Crippen LogP contribution in [0.3, 0.4) is 0 Å². The van der Waals surface area contributed by atoms with Gasteiger partial charge in [-0.25, -0.2) is 0 Å². The number of carbonyl (C=O) groups excluding carboxylic acids is 1. The highest BCUT2D eigenvalue weighted by Gasteiger charge is 2.72. The standard InChI is InChI=1S/C12H9BrF6O2/c1-21-9(20)6-10(11(14,15)16,12(17,18)19)7-2-4-8(13)5-3-7/h2-5H,6H2,1H3. The molecule has 1 aromatic rings. The first-order valence-corrected chi connectivity index (χ1v) is 6.21. The van der Waals surface area contributed by atoms with Crippen molar-refractivity contribution in [2.24, 2.45) is 0 Å². The number of hydrogen-bond donors (Lipinski definition) is 0. The number of esters is 1. The van der Waals surface area contributed by atoms with Crippen LogP contribution >= 0.6 is 15.9 Å². The van der Waals surface area contributed by atoms with E-state index in [2.05, 4.69) is 20.7 Å². The highest BCUT2D eigenvalue weighted by atomic mass is 79.9. The number of rotatable bonds is 3. The molecule has 0 radical (unpaired) electrons. The zero-order valence-electron chi connectivity index (χ0n) is 10.5. The van der Waals surface area contributed by atoms with Gasteiger partial charge in [-0.1, -0.05) is 28.1 Å². The highest BCUT2D eigenvalue weighted by Crippen LogP contribution is 2.54. The maximum atomic E-state index is 13.2. The van der Waals surface area contributed by atoms with Crippen molar-refractivity contribution in [3.63, 3.8) is 0 Å². The van der Waals surface area contributed by atoms with Gasteiger partial charge in [0.05, 0.1) is 13.5 Å². The Hall–Kier alpha value is -1.25. The van der Waals surface area contributed by atoms with Gasteiger partial charge in [-0.2, -0.15) is 26.3 Å². The molecule has 0 aliphatic carbocycles. The molecule has 0 atom stereocenters. The van der Waals surface area contributed by atoms with E-state index in [0.29, 0.717) is 16.6 Å². The van der Waals surface area contributed by atoms with Gasteiger partial charge in [-0.05, 0) is 17.7 Å². The molecule has 1 rings (SSSR count). The summed E-state index contributed by atoms with van der Waals surface area (Å²) in [4.78, 5) is 11.1. The van der Waals surface area contributed by atoms with Crippen LogP contribution in [0.4, 0.5) is 26.3 Å². The van der Waals surface area contributed by atoms with Gasteiger partial charge in [0.25, 0.3) is 0 Å². The Morgan fingerprint density at radius 3 is 1.81 bits per heavy atom. The Kier molecular flexibility index (Phi) is 4.97. The Bertz CT molecular complexity index is 492. The van der Waals surface area contributed by atoms with Crippen molar-refractivity contribution < 1.29 is 35.9 Å². The van der Waals surface area contributed by atoms with Crippen LogP contribution in [0.25, 0.3) is 0 Å². The number of alkyl halides is 6. The van der Waals surface area contributed by atoms with Crippen molar-refractivity contribution in [3.8, 4) is 0 Å². The van der Waals surface area contributed by atoms with E-state index in [1.807, 2.05) is 0 Å². The molecule has 0 heterocycles. The fourth-order valence-corrected chi connectivity index (χ4v) is 2.08. The molecule has 0 aliphatic rings. The van der Waals surface area contributed by atoms with Crippen LogP contribution in [0, 0.1) is 0 Å². The molecule has 9 heteroatoms. The summed E-state index contributed by atoms with van der Waals surface area (Å²) in [6.45, 7) is 0. The molecule has 0 fully saturated rings. The molecule has 0 aromatic heterocycles. The Balaban J connectivity index is 3.59. The van der Waals surface area contributed by atoms with E-state index in [9.17, 15) is 31.1 Å². The summed E-state index contributed by atoms with van der Waals surface area (Å²) < 4.78 is 83.6. The van der Waals surface area contributed by atoms with Crippen LogP contribution in [-0.2, 0) is 14.9 Å². The maximum Gasteiger partial charge on any atom is 0.407 e. The molecule has 1 aromatic carbocycles. The molecule has 0 amide bonds. The fourth-order valence-electron chi connectivity index (χ4n) is 1.81. The van der Waals surface area contributed by atoms with Gasteiger partial charge < -0.3 is 4.74 Å². The predicted molar refractivity (Wildman–Crippen MR) is 64.6 cm³/mol. The quantitative estimate of drug-likeness (QED) is 0.576. The average molecular weight is 379 g/mol. The Morgan fingerprint density at radius 1 is 1.05 bits per heavy atom. The second-order valence-electron chi connectivity index (χ2n) is 4.16. The van der Waals surface area contributed by atoms with Crippen LogP contribution in [-0.4, -0.2) is 25.4 Å². The van der Waals surface area contributed by atoms with Crippen LogP contribution in [0.5, 0.6) is 0 Å². The molecule has 0 saturated carbocycles. The minimum Gasteiger partial charge on any atom is -0.469 e.